The standard InChI is InChI=1S/C12H16ClF3N2O2S/c1-3-17-8(2)7-18-21(19,20)11-6-9(12(14,15)16)4-5-10(11)13/h4-6,8,17-18H,3,7H2,1-2H3/t8-/m1/s1. The molecule has 0 aliphatic carbocycles. The van der Waals surface area contributed by atoms with Gasteiger partial charge in [-0.1, -0.05) is 18.5 Å². The summed E-state index contributed by atoms with van der Waals surface area (Å²) in [4.78, 5) is -0.581. The second-order valence-corrected chi connectivity index (χ2v) is 6.60. The van der Waals surface area contributed by atoms with Crippen LogP contribution < -0.4 is 10.0 Å². The predicted octanol–water partition coefficient (Wildman–Crippen LogP) is 2.64. The van der Waals surface area contributed by atoms with Crippen LogP contribution in [0.25, 0.3) is 0 Å². The normalized spacial score (nSPS) is 14.2. The van der Waals surface area contributed by atoms with Crippen LogP contribution in [-0.4, -0.2) is 27.5 Å². The molecule has 0 saturated carbocycles. The Morgan fingerprint density at radius 2 is 1.95 bits per heavy atom. The van der Waals surface area contributed by atoms with Gasteiger partial charge in [0, 0.05) is 12.6 Å². The maximum absolute atomic E-state index is 12.6. The summed E-state index contributed by atoms with van der Waals surface area (Å²) >= 11 is 5.71. The molecule has 120 valence electrons. The minimum atomic E-state index is -4.63. The summed E-state index contributed by atoms with van der Waals surface area (Å²) in [7, 11) is -4.11. The largest absolute Gasteiger partial charge is 0.416 e. The Hall–Kier alpha value is -0.830. The molecule has 0 heterocycles. The van der Waals surface area contributed by atoms with Crippen molar-refractivity contribution in [2.45, 2.75) is 31.0 Å². The summed E-state index contributed by atoms with van der Waals surface area (Å²) in [6.07, 6.45) is -4.63. The van der Waals surface area contributed by atoms with Gasteiger partial charge < -0.3 is 5.32 Å². The highest BCUT2D eigenvalue weighted by Crippen LogP contribution is 2.33. The first-order valence-electron chi connectivity index (χ1n) is 6.17. The first kappa shape index (κ1) is 18.2. The first-order valence-corrected chi connectivity index (χ1v) is 8.04. The van der Waals surface area contributed by atoms with Crippen LogP contribution in [0.1, 0.15) is 19.4 Å². The van der Waals surface area contributed by atoms with Crippen molar-refractivity contribution >= 4 is 21.6 Å². The summed E-state index contributed by atoms with van der Waals surface area (Å²) in [6, 6.07) is 2.03. The average Bonchev–Trinajstić information content (AvgIpc) is 2.36. The molecule has 9 heteroatoms. The van der Waals surface area contributed by atoms with Crippen LogP contribution in [0.2, 0.25) is 5.02 Å². The Labute approximate surface area is 126 Å². The Bertz CT molecular complexity index is 591. The summed E-state index contributed by atoms with van der Waals surface area (Å²) in [5.41, 5.74) is -1.06. The highest BCUT2D eigenvalue weighted by Gasteiger charge is 2.32. The zero-order valence-electron chi connectivity index (χ0n) is 11.5. The number of sulfonamides is 1. The van der Waals surface area contributed by atoms with Crippen LogP contribution >= 0.6 is 11.6 Å². The first-order chi connectivity index (χ1) is 9.58. The van der Waals surface area contributed by atoms with Crippen molar-refractivity contribution in [1.29, 1.82) is 0 Å². The SMILES string of the molecule is CCN[C@H](C)CNS(=O)(=O)c1cc(C(F)(F)F)ccc1Cl. The van der Waals surface area contributed by atoms with E-state index in [1.165, 1.54) is 0 Å². The summed E-state index contributed by atoms with van der Waals surface area (Å²) in [6.45, 7) is 4.30. The van der Waals surface area contributed by atoms with E-state index in [0.717, 1.165) is 12.1 Å². The van der Waals surface area contributed by atoms with Crippen molar-refractivity contribution < 1.29 is 21.6 Å². The molecule has 1 atom stereocenters. The number of hydrogen-bond donors (Lipinski definition) is 2. The molecule has 0 amide bonds. The topological polar surface area (TPSA) is 58.2 Å². The fourth-order valence-electron chi connectivity index (χ4n) is 1.62. The summed E-state index contributed by atoms with van der Waals surface area (Å²) < 4.78 is 64.2. The molecule has 0 saturated heterocycles. The Kier molecular flexibility index (Phi) is 6.03. The lowest BCUT2D eigenvalue weighted by atomic mass is 10.2. The summed E-state index contributed by atoms with van der Waals surface area (Å²) in [5, 5.41) is 2.72. The molecule has 2 N–H and O–H groups in total. The fraction of sp³-hybridized carbons (Fsp3) is 0.500. The van der Waals surface area contributed by atoms with E-state index >= 15 is 0 Å². The molecule has 0 radical (unpaired) electrons. The lowest BCUT2D eigenvalue weighted by Crippen LogP contribution is -2.38. The van der Waals surface area contributed by atoms with Crippen LogP contribution in [0.5, 0.6) is 0 Å². The third-order valence-electron chi connectivity index (χ3n) is 2.68. The number of hydrogen-bond acceptors (Lipinski definition) is 3. The second kappa shape index (κ2) is 6.95. The van der Waals surface area contributed by atoms with Gasteiger partial charge >= 0.3 is 6.18 Å². The van der Waals surface area contributed by atoms with E-state index in [4.69, 9.17) is 11.6 Å². The van der Waals surface area contributed by atoms with Crippen molar-refractivity contribution in [3.8, 4) is 0 Å². The van der Waals surface area contributed by atoms with E-state index in [1.807, 2.05) is 6.92 Å². The Morgan fingerprint density at radius 3 is 2.48 bits per heavy atom. The third-order valence-corrected chi connectivity index (χ3v) is 4.59. The highest BCUT2D eigenvalue weighted by molar-refractivity contribution is 7.89. The monoisotopic (exact) mass is 344 g/mol. The molecule has 0 fully saturated rings. The molecule has 0 aliphatic rings. The van der Waals surface area contributed by atoms with Crippen molar-refractivity contribution in [2.75, 3.05) is 13.1 Å². The third kappa shape index (κ3) is 5.14. The average molecular weight is 345 g/mol. The van der Waals surface area contributed by atoms with Crippen LogP contribution in [0.15, 0.2) is 23.1 Å². The van der Waals surface area contributed by atoms with Gasteiger partial charge in [0.05, 0.1) is 10.6 Å². The van der Waals surface area contributed by atoms with Crippen LogP contribution in [0, 0.1) is 0 Å². The van der Waals surface area contributed by atoms with Gasteiger partial charge in [-0.25, -0.2) is 13.1 Å². The quantitative estimate of drug-likeness (QED) is 0.834. The van der Waals surface area contributed by atoms with Crippen molar-refractivity contribution in [1.82, 2.24) is 10.0 Å². The number of halogens is 4. The lowest BCUT2D eigenvalue weighted by Gasteiger charge is -2.15. The van der Waals surface area contributed by atoms with Crippen molar-refractivity contribution in [3.63, 3.8) is 0 Å². The van der Waals surface area contributed by atoms with Gasteiger partial charge in [-0.3, -0.25) is 0 Å². The molecule has 0 unspecified atom stereocenters. The predicted molar refractivity (Wildman–Crippen MR) is 74.8 cm³/mol. The molecule has 1 rings (SSSR count). The minimum Gasteiger partial charge on any atom is -0.313 e. The molecule has 1 aromatic carbocycles. The van der Waals surface area contributed by atoms with Crippen molar-refractivity contribution in [3.05, 3.63) is 28.8 Å². The van der Waals surface area contributed by atoms with Gasteiger partial charge in [-0.05, 0) is 31.7 Å². The Morgan fingerprint density at radius 1 is 1.33 bits per heavy atom. The molecule has 21 heavy (non-hydrogen) atoms. The van der Waals surface area contributed by atoms with Gasteiger partial charge in [0.1, 0.15) is 4.90 Å². The number of rotatable bonds is 6. The van der Waals surface area contributed by atoms with Gasteiger partial charge in [0.2, 0.25) is 10.0 Å². The molecule has 0 aromatic heterocycles. The van der Waals surface area contributed by atoms with E-state index in [1.54, 1.807) is 6.92 Å². The zero-order valence-corrected chi connectivity index (χ0v) is 13.0. The van der Waals surface area contributed by atoms with Gasteiger partial charge in [-0.2, -0.15) is 13.2 Å². The second-order valence-electron chi connectivity index (χ2n) is 4.45. The number of likely N-dealkylation sites (N-methyl/N-ethyl adjacent to an activating group) is 1. The van der Waals surface area contributed by atoms with Crippen LogP contribution in [0.4, 0.5) is 13.2 Å². The smallest absolute Gasteiger partial charge is 0.313 e. The molecule has 1 aromatic rings. The van der Waals surface area contributed by atoms with E-state index in [9.17, 15) is 21.6 Å². The van der Waals surface area contributed by atoms with Crippen LogP contribution in [-0.2, 0) is 16.2 Å². The van der Waals surface area contributed by atoms with E-state index in [2.05, 4.69) is 10.0 Å². The van der Waals surface area contributed by atoms with Gasteiger partial charge in [0.15, 0.2) is 0 Å². The maximum Gasteiger partial charge on any atom is 0.416 e. The van der Waals surface area contributed by atoms with Gasteiger partial charge in [-0.15, -0.1) is 0 Å². The zero-order chi connectivity index (χ0) is 16.3. The Balaban J connectivity index is 3.02. The lowest BCUT2D eigenvalue weighted by molar-refractivity contribution is -0.137. The number of nitrogens with one attached hydrogen (secondary N) is 2. The highest BCUT2D eigenvalue weighted by atomic mass is 35.5. The molecule has 0 bridgehead atoms. The number of benzene rings is 1. The molecule has 0 aliphatic heterocycles. The number of alkyl halides is 3. The van der Waals surface area contributed by atoms with E-state index in [0.29, 0.717) is 12.6 Å². The summed E-state index contributed by atoms with van der Waals surface area (Å²) in [5.74, 6) is 0. The van der Waals surface area contributed by atoms with Crippen molar-refractivity contribution in [2.24, 2.45) is 0 Å². The van der Waals surface area contributed by atoms with E-state index in [-0.39, 0.29) is 17.6 Å². The van der Waals surface area contributed by atoms with Crippen LogP contribution in [0.3, 0.4) is 0 Å². The molecular weight excluding hydrogens is 329 g/mol. The van der Waals surface area contributed by atoms with Gasteiger partial charge in [0.25, 0.3) is 0 Å². The molecular formula is C12H16ClF3N2O2S. The maximum atomic E-state index is 12.6. The minimum absolute atomic E-state index is 0.0444. The van der Waals surface area contributed by atoms with E-state index < -0.39 is 26.7 Å². The molecule has 0 spiro atoms. The fourth-order valence-corrected chi connectivity index (χ4v) is 3.27. The molecule has 4 nitrogen and oxygen atoms in total.